The Morgan fingerprint density at radius 1 is 1.04 bits per heavy atom. The van der Waals surface area contributed by atoms with Gasteiger partial charge >= 0.3 is 12.2 Å². The number of hydrogen-bond acceptors (Lipinski definition) is 10. The number of aromatic nitrogens is 2. The number of carboxylic acid groups (broad SMARTS) is 1. The molecule has 3 amide bonds. The van der Waals surface area contributed by atoms with Crippen LogP contribution in [0.4, 0.5) is 21.2 Å². The first kappa shape index (κ1) is 34.6. The number of anilines is 2. The molecular weight excluding hydrogens is 672 g/mol. The summed E-state index contributed by atoms with van der Waals surface area (Å²) in [6, 6.07) is 19.5. The number of pyridine rings is 2. The third-order valence-electron chi connectivity index (χ3n) is 9.90. The molecule has 0 spiro atoms. The summed E-state index contributed by atoms with van der Waals surface area (Å²) in [7, 11) is 3.61. The van der Waals surface area contributed by atoms with E-state index in [1.54, 1.807) is 57.9 Å². The van der Waals surface area contributed by atoms with Crippen molar-refractivity contribution >= 4 is 40.6 Å². The van der Waals surface area contributed by atoms with Crippen LogP contribution in [0.3, 0.4) is 0 Å². The predicted molar refractivity (Wildman–Crippen MR) is 190 cm³/mol. The third-order valence-corrected chi connectivity index (χ3v) is 9.90. The number of likely N-dealkylation sites (N-methyl/N-ethyl adjacent to an activating group) is 1. The van der Waals surface area contributed by atoms with E-state index in [2.05, 4.69) is 10.2 Å². The number of amides is 3. The number of fused-ring (bicyclic) bond motifs is 3. The number of hydrogen-bond donors (Lipinski definition) is 2. The van der Waals surface area contributed by atoms with Gasteiger partial charge in [-0.3, -0.25) is 19.4 Å². The van der Waals surface area contributed by atoms with Crippen molar-refractivity contribution in [3.63, 3.8) is 0 Å². The summed E-state index contributed by atoms with van der Waals surface area (Å²) < 4.78 is 24.2. The molecule has 15 heteroatoms. The molecule has 4 aromatic rings. The lowest BCUT2D eigenvalue weighted by Gasteiger charge is -2.38. The van der Waals surface area contributed by atoms with E-state index in [0.717, 1.165) is 22.9 Å². The molecule has 2 aromatic carbocycles. The quantitative estimate of drug-likeness (QED) is 0.205. The van der Waals surface area contributed by atoms with Crippen LogP contribution < -0.4 is 34.9 Å². The molecule has 7 rings (SSSR count). The number of nitrogens with zero attached hydrogens (tertiary/aromatic N) is 5. The predicted octanol–water partition coefficient (Wildman–Crippen LogP) is 3.86. The molecular formula is C37H40N6O9. The van der Waals surface area contributed by atoms with Crippen molar-refractivity contribution < 1.29 is 38.4 Å². The van der Waals surface area contributed by atoms with E-state index in [1.165, 1.54) is 0 Å². The molecule has 4 heterocycles. The number of carbonyl (C=O) groups is 3. The number of nitrogens with one attached hydrogen (secondary N) is 1. The zero-order chi connectivity index (χ0) is 36.4. The number of rotatable bonds is 12. The van der Waals surface area contributed by atoms with Gasteiger partial charge in [0, 0.05) is 31.3 Å². The van der Waals surface area contributed by atoms with Crippen LogP contribution in [0.1, 0.15) is 24.8 Å². The Balaban J connectivity index is 1.05. The molecule has 3 atom stereocenters. The molecule has 1 saturated heterocycles. The van der Waals surface area contributed by atoms with Gasteiger partial charge in [0.1, 0.15) is 30.0 Å². The van der Waals surface area contributed by atoms with Crippen LogP contribution in [0.25, 0.3) is 10.9 Å². The minimum absolute atomic E-state index is 0.0960. The van der Waals surface area contributed by atoms with Gasteiger partial charge in [0.2, 0.25) is 0 Å². The van der Waals surface area contributed by atoms with Crippen LogP contribution in [0.15, 0.2) is 71.5 Å². The number of carbonyl (C=O) groups excluding carboxylic acids is 2. The molecule has 0 bridgehead atoms. The van der Waals surface area contributed by atoms with Crippen LogP contribution in [0.5, 0.6) is 17.2 Å². The maximum atomic E-state index is 13.3. The SMILES string of the molecule is COc1ccc(CN2C(=O)COc3ccc(N4C(=O)O[C@@H]5CCC(N(C)CCn6c(=O)ccc7ccc(OCCNC(=O)O)cc76)C[C@H]54)nc32)cc1. The normalized spacial score (nSPS) is 19.6. The first-order valence-electron chi connectivity index (χ1n) is 17.2. The van der Waals surface area contributed by atoms with Crippen LogP contribution in [0, 0.1) is 0 Å². The van der Waals surface area contributed by atoms with Crippen molar-refractivity contribution in [2.75, 3.05) is 50.3 Å². The Morgan fingerprint density at radius 3 is 2.62 bits per heavy atom. The van der Waals surface area contributed by atoms with E-state index in [9.17, 15) is 19.2 Å². The van der Waals surface area contributed by atoms with Gasteiger partial charge in [0.25, 0.3) is 11.5 Å². The van der Waals surface area contributed by atoms with Gasteiger partial charge in [0.05, 0.1) is 31.8 Å². The Hall–Kier alpha value is -5.83. The van der Waals surface area contributed by atoms with E-state index < -0.39 is 12.2 Å². The maximum absolute atomic E-state index is 13.3. The van der Waals surface area contributed by atoms with Gasteiger partial charge in [-0.05, 0) is 79.7 Å². The van der Waals surface area contributed by atoms with Crippen molar-refractivity contribution in [2.24, 2.45) is 0 Å². The molecule has 2 N–H and O–H groups in total. The van der Waals surface area contributed by atoms with Crippen LogP contribution in [-0.4, -0.2) is 96.3 Å². The summed E-state index contributed by atoms with van der Waals surface area (Å²) in [6.07, 6.45) is 0.209. The largest absolute Gasteiger partial charge is 0.497 e. The summed E-state index contributed by atoms with van der Waals surface area (Å²) in [5.74, 6) is 2.19. The van der Waals surface area contributed by atoms with Gasteiger partial charge in [-0.2, -0.15) is 0 Å². The van der Waals surface area contributed by atoms with E-state index in [4.69, 9.17) is 29.0 Å². The molecule has 1 saturated carbocycles. The standard InChI is InChI=1S/C37H40N6O9/c1-40(16-17-41-28-20-27(50-18-15-38-36(46)47)10-5-24(28)6-14-33(41)44)25-7-11-30-29(19-25)43(37(48)52-30)32-13-12-31-35(39-32)42(34(45)22-51-31)21-23-3-8-26(49-2)9-4-23/h3-6,8-10,12-14,20,25,29-30,38H,7,11,15-19,21-22H2,1-2H3,(H,46,47)/t25?,29-,30-/m1/s1. The van der Waals surface area contributed by atoms with E-state index in [-0.39, 0.29) is 56.0 Å². The second kappa shape index (κ2) is 14.8. The molecule has 2 aliphatic heterocycles. The van der Waals surface area contributed by atoms with Crippen molar-refractivity contribution in [2.45, 2.75) is 50.5 Å². The first-order chi connectivity index (χ1) is 25.2. The maximum Gasteiger partial charge on any atom is 0.416 e. The van der Waals surface area contributed by atoms with Gasteiger partial charge < -0.3 is 38.8 Å². The Morgan fingerprint density at radius 2 is 1.83 bits per heavy atom. The highest BCUT2D eigenvalue weighted by atomic mass is 16.6. The molecule has 15 nitrogen and oxygen atoms in total. The summed E-state index contributed by atoms with van der Waals surface area (Å²) in [5, 5.41) is 11.9. The highest BCUT2D eigenvalue weighted by molar-refractivity contribution is 5.97. The summed E-state index contributed by atoms with van der Waals surface area (Å²) in [6.45, 7) is 1.44. The highest BCUT2D eigenvalue weighted by Gasteiger charge is 2.47. The Labute approximate surface area is 299 Å². The average Bonchev–Trinajstić information content (AvgIpc) is 3.48. The van der Waals surface area contributed by atoms with E-state index in [0.29, 0.717) is 54.8 Å². The average molecular weight is 713 g/mol. The molecule has 3 aliphatic rings. The van der Waals surface area contributed by atoms with Gasteiger partial charge in [0.15, 0.2) is 18.2 Å². The molecule has 272 valence electrons. The summed E-state index contributed by atoms with van der Waals surface area (Å²) in [5.41, 5.74) is 1.46. The molecule has 0 radical (unpaired) electrons. The lowest BCUT2D eigenvalue weighted by molar-refractivity contribution is -0.121. The number of benzene rings is 2. The van der Waals surface area contributed by atoms with Crippen molar-refractivity contribution in [1.29, 1.82) is 0 Å². The monoisotopic (exact) mass is 712 g/mol. The summed E-state index contributed by atoms with van der Waals surface area (Å²) >= 11 is 0. The Kier molecular flexibility index (Phi) is 9.85. The van der Waals surface area contributed by atoms with Crippen molar-refractivity contribution in [1.82, 2.24) is 19.8 Å². The van der Waals surface area contributed by atoms with Crippen molar-refractivity contribution in [3.05, 3.63) is 82.6 Å². The zero-order valence-electron chi connectivity index (χ0n) is 28.9. The van der Waals surface area contributed by atoms with Crippen LogP contribution in [-0.2, 0) is 22.6 Å². The fourth-order valence-corrected chi connectivity index (χ4v) is 7.13. The van der Waals surface area contributed by atoms with Gasteiger partial charge in [-0.25, -0.2) is 14.6 Å². The number of methoxy groups -OCH3 is 1. The van der Waals surface area contributed by atoms with E-state index in [1.807, 2.05) is 37.4 Å². The topological polar surface area (TPSA) is 165 Å². The van der Waals surface area contributed by atoms with Crippen LogP contribution >= 0.6 is 0 Å². The van der Waals surface area contributed by atoms with Gasteiger partial charge in [-0.15, -0.1) is 0 Å². The van der Waals surface area contributed by atoms with Crippen LogP contribution in [0.2, 0.25) is 0 Å². The second-order valence-corrected chi connectivity index (χ2v) is 13.0. The van der Waals surface area contributed by atoms with Crippen molar-refractivity contribution in [3.8, 4) is 17.2 Å². The third kappa shape index (κ3) is 7.17. The summed E-state index contributed by atoms with van der Waals surface area (Å²) in [4.78, 5) is 60.4. The Bertz CT molecular complexity index is 2040. The molecule has 1 aliphatic carbocycles. The zero-order valence-corrected chi connectivity index (χ0v) is 28.9. The smallest absolute Gasteiger partial charge is 0.416 e. The fourth-order valence-electron chi connectivity index (χ4n) is 7.13. The number of ether oxygens (including phenoxy) is 4. The highest BCUT2D eigenvalue weighted by Crippen LogP contribution is 2.39. The molecule has 2 fully saturated rings. The second-order valence-electron chi connectivity index (χ2n) is 13.0. The molecule has 52 heavy (non-hydrogen) atoms. The lowest BCUT2D eigenvalue weighted by atomic mass is 9.87. The minimum atomic E-state index is -1.12. The molecule has 1 unspecified atom stereocenters. The van der Waals surface area contributed by atoms with Gasteiger partial charge in [-0.1, -0.05) is 12.1 Å². The lowest BCUT2D eigenvalue weighted by Crippen LogP contribution is -2.48. The van der Waals surface area contributed by atoms with E-state index >= 15 is 0 Å². The minimum Gasteiger partial charge on any atom is -0.497 e. The fraction of sp³-hybridized carbons (Fsp3) is 0.378. The first-order valence-corrected chi connectivity index (χ1v) is 17.2. The molecule has 2 aromatic heterocycles.